The molecule has 1 aliphatic rings. The molecule has 0 saturated carbocycles. The Morgan fingerprint density at radius 1 is 1.32 bits per heavy atom. The van der Waals surface area contributed by atoms with E-state index in [2.05, 4.69) is 15.4 Å². The Kier molecular flexibility index (Phi) is 3.54. The molecule has 1 aromatic carbocycles. The van der Waals surface area contributed by atoms with Crippen molar-refractivity contribution in [1.82, 2.24) is 14.8 Å². The minimum atomic E-state index is -0.526. The molecule has 7 nitrogen and oxygen atoms in total. The van der Waals surface area contributed by atoms with Crippen molar-refractivity contribution in [1.29, 1.82) is 0 Å². The Morgan fingerprint density at radius 2 is 2.08 bits per heavy atom. The van der Waals surface area contributed by atoms with Crippen LogP contribution in [0.5, 0.6) is 5.75 Å². The van der Waals surface area contributed by atoms with Crippen LogP contribution in [0.15, 0.2) is 53.0 Å². The van der Waals surface area contributed by atoms with Gasteiger partial charge < -0.3 is 16.2 Å². The predicted octanol–water partition coefficient (Wildman–Crippen LogP) is 2.49. The van der Waals surface area contributed by atoms with Gasteiger partial charge in [-0.05, 0) is 36.1 Å². The van der Waals surface area contributed by atoms with E-state index in [1.807, 2.05) is 17.5 Å². The first kappa shape index (κ1) is 15.4. The number of hydrogen-bond donors (Lipinski definition) is 3. The second kappa shape index (κ2) is 5.75. The number of amides is 1. The summed E-state index contributed by atoms with van der Waals surface area (Å²) in [5.74, 6) is 0.753. The summed E-state index contributed by atoms with van der Waals surface area (Å²) in [7, 11) is 0. The summed E-state index contributed by atoms with van der Waals surface area (Å²) in [5, 5.41) is 19.2. The number of aromatic hydroxyl groups is 1. The van der Waals surface area contributed by atoms with Gasteiger partial charge in [-0.15, -0.1) is 16.4 Å². The fourth-order valence-electron chi connectivity index (χ4n) is 2.95. The maximum Gasteiger partial charge on any atom is 0.248 e. The van der Waals surface area contributed by atoms with Gasteiger partial charge in [0.2, 0.25) is 11.9 Å². The minimum Gasteiger partial charge on any atom is -0.508 e. The van der Waals surface area contributed by atoms with Crippen LogP contribution in [0.2, 0.25) is 0 Å². The molecule has 3 heterocycles. The Balaban J connectivity index is 1.89. The van der Waals surface area contributed by atoms with Gasteiger partial charge >= 0.3 is 0 Å². The van der Waals surface area contributed by atoms with E-state index in [0.717, 1.165) is 10.4 Å². The molecule has 1 aliphatic heterocycles. The monoisotopic (exact) mass is 353 g/mol. The molecule has 0 fully saturated rings. The summed E-state index contributed by atoms with van der Waals surface area (Å²) in [5.41, 5.74) is 7.48. The van der Waals surface area contributed by atoms with Crippen LogP contribution >= 0.6 is 11.3 Å². The number of thiophene rings is 1. The smallest absolute Gasteiger partial charge is 0.248 e. The van der Waals surface area contributed by atoms with Crippen molar-refractivity contribution in [2.24, 2.45) is 5.73 Å². The molecule has 25 heavy (non-hydrogen) atoms. The molecule has 3 aromatic rings. The number of primary amides is 1. The molecular formula is C17H15N5O2S. The molecule has 1 atom stereocenters. The maximum atomic E-state index is 12.1. The van der Waals surface area contributed by atoms with E-state index in [-0.39, 0.29) is 5.75 Å². The summed E-state index contributed by atoms with van der Waals surface area (Å²) in [6, 6.07) is 10.0. The largest absolute Gasteiger partial charge is 0.508 e. The van der Waals surface area contributed by atoms with Crippen molar-refractivity contribution in [3.63, 3.8) is 0 Å². The highest BCUT2D eigenvalue weighted by molar-refractivity contribution is 7.13. The lowest BCUT2D eigenvalue weighted by molar-refractivity contribution is -0.115. The van der Waals surface area contributed by atoms with Crippen LogP contribution in [0.1, 0.15) is 18.5 Å². The average molecular weight is 353 g/mol. The molecule has 8 heteroatoms. The normalized spacial score (nSPS) is 16.4. The SMILES string of the molecule is CC1=C(C(N)=O)C(c2ccc(O)cc2)n2nc(-c3cccs3)nc2N1. The molecule has 2 aromatic heterocycles. The number of phenols is 1. The van der Waals surface area contributed by atoms with Crippen molar-refractivity contribution in [2.75, 3.05) is 5.32 Å². The fourth-order valence-corrected chi connectivity index (χ4v) is 3.60. The number of carbonyl (C=O) groups excluding carboxylic acids is 1. The van der Waals surface area contributed by atoms with Crippen LogP contribution in [0.4, 0.5) is 5.95 Å². The maximum absolute atomic E-state index is 12.1. The van der Waals surface area contributed by atoms with E-state index >= 15 is 0 Å². The molecule has 126 valence electrons. The van der Waals surface area contributed by atoms with Crippen molar-refractivity contribution < 1.29 is 9.90 Å². The number of nitrogens with one attached hydrogen (secondary N) is 1. The van der Waals surface area contributed by atoms with E-state index in [1.165, 1.54) is 0 Å². The van der Waals surface area contributed by atoms with Crippen LogP contribution in [-0.2, 0) is 4.79 Å². The third kappa shape index (κ3) is 2.56. The second-order valence-corrected chi connectivity index (χ2v) is 6.65. The minimum absolute atomic E-state index is 0.150. The van der Waals surface area contributed by atoms with Gasteiger partial charge in [0.05, 0.1) is 10.5 Å². The molecular weight excluding hydrogens is 338 g/mol. The summed E-state index contributed by atoms with van der Waals surface area (Å²) in [6.45, 7) is 1.79. The molecule has 0 spiro atoms. The number of rotatable bonds is 3. The first-order chi connectivity index (χ1) is 12.0. The van der Waals surface area contributed by atoms with E-state index in [4.69, 9.17) is 5.73 Å². The topological polar surface area (TPSA) is 106 Å². The van der Waals surface area contributed by atoms with Crippen molar-refractivity contribution in [3.05, 3.63) is 58.6 Å². The third-order valence-electron chi connectivity index (χ3n) is 4.07. The number of hydrogen-bond acceptors (Lipinski definition) is 6. The average Bonchev–Trinajstić information content (AvgIpc) is 3.23. The highest BCUT2D eigenvalue weighted by Gasteiger charge is 2.33. The summed E-state index contributed by atoms with van der Waals surface area (Å²) in [4.78, 5) is 17.6. The van der Waals surface area contributed by atoms with Crippen LogP contribution < -0.4 is 11.1 Å². The van der Waals surface area contributed by atoms with Crippen molar-refractivity contribution >= 4 is 23.2 Å². The zero-order chi connectivity index (χ0) is 17.6. The zero-order valence-corrected chi connectivity index (χ0v) is 14.1. The molecule has 4 N–H and O–H groups in total. The van der Waals surface area contributed by atoms with Crippen molar-refractivity contribution in [2.45, 2.75) is 13.0 Å². The van der Waals surface area contributed by atoms with Gasteiger partial charge in [0.1, 0.15) is 11.8 Å². The summed E-state index contributed by atoms with van der Waals surface area (Å²) >= 11 is 1.54. The lowest BCUT2D eigenvalue weighted by atomic mass is 9.95. The second-order valence-electron chi connectivity index (χ2n) is 5.70. The van der Waals surface area contributed by atoms with Crippen LogP contribution in [0.3, 0.4) is 0 Å². The highest BCUT2D eigenvalue weighted by Crippen LogP contribution is 2.36. The molecule has 1 unspecified atom stereocenters. The van der Waals surface area contributed by atoms with E-state index in [1.54, 1.807) is 47.2 Å². The van der Waals surface area contributed by atoms with E-state index < -0.39 is 11.9 Å². The Hall–Kier alpha value is -3.13. The fraction of sp³-hybridized carbons (Fsp3) is 0.118. The Labute approximate surface area is 147 Å². The zero-order valence-electron chi connectivity index (χ0n) is 13.3. The third-order valence-corrected chi connectivity index (χ3v) is 4.93. The Bertz CT molecular complexity index is 973. The first-order valence-corrected chi connectivity index (χ1v) is 8.49. The number of benzene rings is 1. The predicted molar refractivity (Wildman–Crippen MR) is 95.1 cm³/mol. The van der Waals surface area contributed by atoms with E-state index in [9.17, 15) is 9.90 Å². The number of aromatic nitrogens is 3. The number of allylic oxidation sites excluding steroid dienone is 1. The number of fused-ring (bicyclic) bond motifs is 1. The van der Waals surface area contributed by atoms with Gasteiger partial charge in [0, 0.05) is 5.70 Å². The summed E-state index contributed by atoms with van der Waals surface area (Å²) < 4.78 is 1.66. The van der Waals surface area contributed by atoms with Gasteiger partial charge in [-0.1, -0.05) is 18.2 Å². The quantitative estimate of drug-likeness (QED) is 0.671. The van der Waals surface area contributed by atoms with E-state index in [0.29, 0.717) is 23.0 Å². The molecule has 0 bridgehead atoms. The van der Waals surface area contributed by atoms with Gasteiger partial charge in [-0.3, -0.25) is 4.79 Å². The molecule has 0 aliphatic carbocycles. The van der Waals surface area contributed by atoms with Gasteiger partial charge in [0.25, 0.3) is 0 Å². The van der Waals surface area contributed by atoms with Crippen LogP contribution in [-0.4, -0.2) is 25.8 Å². The van der Waals surface area contributed by atoms with Crippen molar-refractivity contribution in [3.8, 4) is 16.5 Å². The number of nitrogens with zero attached hydrogens (tertiary/aromatic N) is 3. The highest BCUT2D eigenvalue weighted by atomic mass is 32.1. The van der Waals surface area contributed by atoms with Crippen LogP contribution in [0, 0.1) is 0 Å². The molecule has 0 radical (unpaired) electrons. The standard InChI is InChI=1S/C17H15N5O2S/c1-9-13(15(18)24)14(10-4-6-11(23)7-5-10)22-17(19-9)20-16(21-22)12-3-2-8-25-12/h2-8,14,23H,1H3,(H2,18,24)(H,19,20,21). The molecule has 0 saturated heterocycles. The van der Waals surface area contributed by atoms with Gasteiger partial charge in [-0.2, -0.15) is 4.98 Å². The number of nitrogens with two attached hydrogens (primary N) is 1. The molecule has 4 rings (SSSR count). The molecule has 1 amide bonds. The number of carbonyl (C=O) groups is 1. The number of phenolic OH excluding ortho intramolecular Hbond substituents is 1. The Morgan fingerprint density at radius 3 is 2.72 bits per heavy atom. The van der Waals surface area contributed by atoms with Crippen LogP contribution in [0.25, 0.3) is 10.7 Å². The first-order valence-electron chi connectivity index (χ1n) is 7.61. The lowest BCUT2D eigenvalue weighted by Gasteiger charge is -2.27. The summed E-state index contributed by atoms with van der Waals surface area (Å²) in [6.07, 6.45) is 0. The lowest BCUT2D eigenvalue weighted by Crippen LogP contribution is -2.31. The van der Waals surface area contributed by atoms with Gasteiger partial charge in [0.15, 0.2) is 5.82 Å². The van der Waals surface area contributed by atoms with Gasteiger partial charge in [-0.25, -0.2) is 4.68 Å². The number of anilines is 1.